The van der Waals surface area contributed by atoms with E-state index in [-0.39, 0.29) is 26.4 Å². The molecule has 14 heteroatoms. The number of nitrogens with zero attached hydrogens (tertiary/aromatic N) is 1. The molecule has 0 unspecified atom stereocenters. The molecule has 0 aliphatic carbocycles. The van der Waals surface area contributed by atoms with Gasteiger partial charge < -0.3 is 9.52 Å². The van der Waals surface area contributed by atoms with Crippen molar-refractivity contribution in [3.63, 3.8) is 0 Å². The second-order valence-electron chi connectivity index (χ2n) is 6.68. The summed E-state index contributed by atoms with van der Waals surface area (Å²) < 4.78 is 59.6. The molecule has 0 spiro atoms. The number of hydrogen-bond donors (Lipinski definition) is 3. The number of hydrogen-bond acceptors (Lipinski definition) is 8. The first-order valence-electron chi connectivity index (χ1n) is 9.01. The van der Waals surface area contributed by atoms with Crippen LogP contribution in [0.4, 0.5) is 15.6 Å². The zero-order valence-electron chi connectivity index (χ0n) is 16.3. The van der Waals surface area contributed by atoms with Gasteiger partial charge in [-0.05, 0) is 24.3 Å². The van der Waals surface area contributed by atoms with E-state index in [1.807, 2.05) is 5.32 Å². The van der Waals surface area contributed by atoms with Crippen LogP contribution in [0.25, 0.3) is 11.0 Å². The molecule has 172 valence electrons. The first kappa shape index (κ1) is 23.0. The summed E-state index contributed by atoms with van der Waals surface area (Å²) in [5.74, 6) is -0.591. The molecule has 2 heterocycles. The molecule has 4 rings (SSSR count). The molecule has 0 saturated carbocycles. The van der Waals surface area contributed by atoms with Crippen molar-refractivity contribution in [3.8, 4) is 0 Å². The van der Waals surface area contributed by atoms with E-state index in [9.17, 15) is 21.6 Å². The van der Waals surface area contributed by atoms with E-state index >= 15 is 0 Å². The molecule has 0 saturated heterocycles. The fourth-order valence-electron chi connectivity index (χ4n) is 2.93. The fourth-order valence-corrected chi connectivity index (χ4v) is 6.43. The number of para-hydroxylation sites is 1. The predicted molar refractivity (Wildman–Crippen MR) is 123 cm³/mol. The molecule has 0 aliphatic rings. The van der Waals surface area contributed by atoms with E-state index in [0.29, 0.717) is 11.0 Å². The number of nitrogens with one attached hydrogen (secondary N) is 2. The first-order valence-corrected chi connectivity index (χ1v) is 13.4. The summed E-state index contributed by atoms with van der Waals surface area (Å²) in [6, 6.07) is 11.7. The summed E-state index contributed by atoms with van der Waals surface area (Å²) in [4.78, 5) is 14.3. The number of furan rings is 1. The summed E-state index contributed by atoms with van der Waals surface area (Å²) in [5, 5.41) is 12.5. The van der Waals surface area contributed by atoms with Gasteiger partial charge in [0, 0.05) is 21.9 Å². The zero-order valence-corrected chi connectivity index (χ0v) is 19.6. The van der Waals surface area contributed by atoms with Crippen molar-refractivity contribution in [1.29, 1.82) is 0 Å². The molecule has 0 fully saturated rings. The molecule has 2 aromatic heterocycles. The SMILES string of the molecule is O=C(O)Nc1nc(CS(=O)(=O)c2ccc(Cl)cc2NS(=O)(=O)c2cc3ccccc3o2)cs1. The Kier molecular flexibility index (Phi) is 6.05. The number of benzene rings is 2. The van der Waals surface area contributed by atoms with Crippen molar-refractivity contribution in [1.82, 2.24) is 4.98 Å². The predicted octanol–water partition coefficient (Wildman–Crippen LogP) is 4.41. The lowest BCUT2D eigenvalue weighted by Crippen LogP contribution is -2.16. The summed E-state index contributed by atoms with van der Waals surface area (Å²) in [5.41, 5.74) is 0.179. The van der Waals surface area contributed by atoms with Gasteiger partial charge in [0.1, 0.15) is 5.58 Å². The largest absolute Gasteiger partial charge is 0.465 e. The van der Waals surface area contributed by atoms with Gasteiger partial charge in [-0.1, -0.05) is 29.8 Å². The normalized spacial score (nSPS) is 12.0. The molecular formula is C19H14ClN3O7S3. The van der Waals surface area contributed by atoms with Gasteiger partial charge in [0.2, 0.25) is 5.09 Å². The molecule has 3 N–H and O–H groups in total. The molecule has 10 nitrogen and oxygen atoms in total. The number of rotatable bonds is 7. The van der Waals surface area contributed by atoms with Gasteiger partial charge in [0.25, 0.3) is 10.0 Å². The Labute approximate surface area is 196 Å². The molecule has 4 aromatic rings. The molecular weight excluding hydrogens is 514 g/mol. The third-order valence-electron chi connectivity index (χ3n) is 4.29. The third-order valence-corrected chi connectivity index (χ3v) is 8.26. The van der Waals surface area contributed by atoms with E-state index in [1.54, 1.807) is 24.3 Å². The van der Waals surface area contributed by atoms with Crippen molar-refractivity contribution in [2.75, 3.05) is 10.0 Å². The third kappa shape index (κ3) is 5.11. The minimum absolute atomic E-state index is 0.00891. The Hall–Kier alpha value is -3.13. The highest BCUT2D eigenvalue weighted by Crippen LogP contribution is 2.31. The molecule has 1 amide bonds. The number of fused-ring (bicyclic) bond motifs is 1. The summed E-state index contributed by atoms with van der Waals surface area (Å²) >= 11 is 6.91. The van der Waals surface area contributed by atoms with Crippen molar-refractivity contribution < 1.29 is 31.2 Å². The number of anilines is 2. The van der Waals surface area contributed by atoms with Crippen LogP contribution in [0.1, 0.15) is 5.69 Å². The maximum atomic E-state index is 13.1. The van der Waals surface area contributed by atoms with Crippen LogP contribution in [0.3, 0.4) is 0 Å². The van der Waals surface area contributed by atoms with Crippen molar-refractivity contribution in [2.24, 2.45) is 0 Å². The molecule has 0 bridgehead atoms. The number of carboxylic acid groups (broad SMARTS) is 1. The smallest absolute Gasteiger partial charge is 0.410 e. The number of sulfone groups is 1. The van der Waals surface area contributed by atoms with Gasteiger partial charge in [-0.15, -0.1) is 11.3 Å². The molecule has 33 heavy (non-hydrogen) atoms. The highest BCUT2D eigenvalue weighted by molar-refractivity contribution is 7.93. The highest BCUT2D eigenvalue weighted by atomic mass is 35.5. The number of amides is 1. The second-order valence-corrected chi connectivity index (χ2v) is 11.5. The van der Waals surface area contributed by atoms with Crippen LogP contribution in [0.15, 0.2) is 68.3 Å². The van der Waals surface area contributed by atoms with Crippen LogP contribution < -0.4 is 10.0 Å². The quantitative estimate of drug-likeness (QED) is 0.319. The van der Waals surface area contributed by atoms with Gasteiger partial charge in [0.05, 0.1) is 22.0 Å². The number of carbonyl (C=O) groups is 1. The Morgan fingerprint density at radius 1 is 1.12 bits per heavy atom. The minimum Gasteiger partial charge on any atom is -0.465 e. The number of sulfonamides is 1. The van der Waals surface area contributed by atoms with Crippen LogP contribution in [-0.4, -0.2) is 33.0 Å². The Balaban J connectivity index is 1.67. The number of halogens is 1. The Bertz CT molecular complexity index is 1540. The molecule has 2 aromatic carbocycles. The van der Waals surface area contributed by atoms with Crippen molar-refractivity contribution in [3.05, 3.63) is 64.6 Å². The van der Waals surface area contributed by atoms with E-state index in [2.05, 4.69) is 9.71 Å². The van der Waals surface area contributed by atoms with Gasteiger partial charge in [-0.3, -0.25) is 10.0 Å². The van der Waals surface area contributed by atoms with Crippen LogP contribution in [0.2, 0.25) is 5.02 Å². The maximum absolute atomic E-state index is 13.1. The highest BCUT2D eigenvalue weighted by Gasteiger charge is 2.26. The minimum atomic E-state index is -4.29. The van der Waals surface area contributed by atoms with Crippen LogP contribution in [-0.2, 0) is 25.6 Å². The van der Waals surface area contributed by atoms with Gasteiger partial charge in [0.15, 0.2) is 15.0 Å². The van der Waals surface area contributed by atoms with Gasteiger partial charge in [-0.25, -0.2) is 18.2 Å². The monoisotopic (exact) mass is 527 g/mol. The maximum Gasteiger partial charge on any atom is 0.410 e. The topological polar surface area (TPSA) is 156 Å². The van der Waals surface area contributed by atoms with Crippen LogP contribution in [0, 0.1) is 0 Å². The van der Waals surface area contributed by atoms with Crippen LogP contribution >= 0.6 is 22.9 Å². The lowest BCUT2D eigenvalue weighted by molar-refractivity contribution is 0.209. The average molecular weight is 528 g/mol. The fraction of sp³-hybridized carbons (Fsp3) is 0.0526. The standard InChI is InChI=1S/C19H14ClN3O7S3/c20-12-5-6-16(32(26,27)10-13-9-31-18(21-13)22-19(24)25)14(8-12)23-33(28,29)17-7-11-3-1-2-4-15(11)30-17/h1-9,23H,10H2,(H,21,22)(H,24,25). The molecule has 0 aliphatic heterocycles. The van der Waals surface area contributed by atoms with E-state index in [4.69, 9.17) is 21.1 Å². The van der Waals surface area contributed by atoms with E-state index in [1.165, 1.54) is 29.6 Å². The number of thiazole rings is 1. The van der Waals surface area contributed by atoms with Gasteiger partial charge in [-0.2, -0.15) is 8.42 Å². The second kappa shape index (κ2) is 8.67. The van der Waals surface area contributed by atoms with Gasteiger partial charge >= 0.3 is 6.09 Å². The van der Waals surface area contributed by atoms with E-state index < -0.39 is 36.8 Å². The summed E-state index contributed by atoms with van der Waals surface area (Å²) in [7, 11) is -8.39. The first-order chi connectivity index (χ1) is 15.5. The molecule has 0 radical (unpaired) electrons. The Morgan fingerprint density at radius 2 is 1.88 bits per heavy atom. The van der Waals surface area contributed by atoms with Crippen molar-refractivity contribution in [2.45, 2.75) is 15.7 Å². The lowest BCUT2D eigenvalue weighted by Gasteiger charge is -2.12. The van der Waals surface area contributed by atoms with E-state index in [0.717, 1.165) is 11.3 Å². The Morgan fingerprint density at radius 3 is 2.61 bits per heavy atom. The van der Waals surface area contributed by atoms with Crippen molar-refractivity contribution >= 4 is 70.7 Å². The zero-order chi connectivity index (χ0) is 23.8. The number of aromatic nitrogens is 1. The van der Waals surface area contributed by atoms with Crippen LogP contribution in [0.5, 0.6) is 0 Å². The average Bonchev–Trinajstić information content (AvgIpc) is 3.33. The summed E-state index contributed by atoms with van der Waals surface area (Å²) in [6.45, 7) is 0. The molecule has 0 atom stereocenters. The summed E-state index contributed by atoms with van der Waals surface area (Å²) in [6.07, 6.45) is -1.33. The lowest BCUT2D eigenvalue weighted by atomic mass is 10.3.